The Labute approximate surface area is 145 Å². The molecule has 1 unspecified atom stereocenters. The van der Waals surface area contributed by atoms with E-state index in [0.717, 1.165) is 0 Å². The molecule has 6 heteroatoms. The molecule has 1 aromatic carbocycles. The van der Waals surface area contributed by atoms with Gasteiger partial charge in [0.1, 0.15) is 5.75 Å². The van der Waals surface area contributed by atoms with Crippen LogP contribution in [0.2, 0.25) is 0 Å². The number of pyridine rings is 1. The van der Waals surface area contributed by atoms with Crippen LogP contribution in [0, 0.1) is 0 Å². The third-order valence-electron chi connectivity index (χ3n) is 4.16. The summed E-state index contributed by atoms with van der Waals surface area (Å²) in [6.45, 7) is 1.70. The van der Waals surface area contributed by atoms with Gasteiger partial charge in [0.15, 0.2) is 11.5 Å². The Morgan fingerprint density at radius 1 is 1.32 bits per heavy atom. The second-order valence-corrected chi connectivity index (χ2v) is 5.60. The second kappa shape index (κ2) is 6.76. The Balaban J connectivity index is 2.17. The molecule has 2 aromatic rings. The van der Waals surface area contributed by atoms with Crippen LogP contribution < -0.4 is 9.64 Å². The van der Waals surface area contributed by atoms with Gasteiger partial charge in [0, 0.05) is 30.6 Å². The fourth-order valence-electron chi connectivity index (χ4n) is 2.96. The summed E-state index contributed by atoms with van der Waals surface area (Å²) < 4.78 is 5.22. The van der Waals surface area contributed by atoms with Gasteiger partial charge in [0.2, 0.25) is 0 Å². The third kappa shape index (κ3) is 2.87. The van der Waals surface area contributed by atoms with Gasteiger partial charge >= 0.3 is 0 Å². The van der Waals surface area contributed by atoms with Crippen LogP contribution in [0.4, 0.5) is 5.69 Å². The first-order chi connectivity index (χ1) is 12.1. The number of hydrogen-bond donors (Lipinski definition) is 1. The quantitative estimate of drug-likeness (QED) is 0.906. The monoisotopic (exact) mass is 338 g/mol. The van der Waals surface area contributed by atoms with Gasteiger partial charge in [-0.2, -0.15) is 0 Å². The second-order valence-electron chi connectivity index (χ2n) is 5.60. The van der Waals surface area contributed by atoms with Crippen molar-refractivity contribution in [3.05, 3.63) is 65.7 Å². The first kappa shape index (κ1) is 16.7. The van der Waals surface area contributed by atoms with Gasteiger partial charge in [-0.3, -0.25) is 19.5 Å². The minimum atomic E-state index is -0.722. The standard InChI is InChI=1S/C19H18N2O4/c1-3-15(22)16-17(12-6-5-9-20-11-12)21(19(24)18(16)23)13-7-4-8-14(10-13)25-2/h4-11,17,23H,3H2,1-2H3. The van der Waals surface area contributed by atoms with Gasteiger partial charge < -0.3 is 9.84 Å². The number of anilines is 1. The average Bonchev–Trinajstić information content (AvgIpc) is 2.93. The van der Waals surface area contributed by atoms with E-state index in [2.05, 4.69) is 4.98 Å². The predicted octanol–water partition coefficient (Wildman–Crippen LogP) is 2.97. The normalized spacial score (nSPS) is 17.1. The molecule has 6 nitrogen and oxygen atoms in total. The van der Waals surface area contributed by atoms with Gasteiger partial charge in [0.05, 0.1) is 18.7 Å². The van der Waals surface area contributed by atoms with Crippen LogP contribution in [0.25, 0.3) is 0 Å². The molecule has 0 radical (unpaired) electrons. The Morgan fingerprint density at radius 2 is 2.12 bits per heavy atom. The Bertz CT molecular complexity index is 846. The summed E-state index contributed by atoms with van der Waals surface area (Å²) in [5.74, 6) is -0.822. The number of aliphatic hydroxyl groups excluding tert-OH is 1. The minimum Gasteiger partial charge on any atom is -0.503 e. The summed E-state index contributed by atoms with van der Waals surface area (Å²) in [4.78, 5) is 30.6. The SMILES string of the molecule is CCC(=O)C1=C(O)C(=O)N(c2cccc(OC)c2)C1c1cccnc1. The molecule has 0 bridgehead atoms. The third-order valence-corrected chi connectivity index (χ3v) is 4.16. The van der Waals surface area contributed by atoms with Crippen molar-refractivity contribution in [1.82, 2.24) is 4.98 Å². The number of aliphatic hydroxyl groups is 1. The number of carbonyl (C=O) groups excluding carboxylic acids is 2. The highest BCUT2D eigenvalue weighted by atomic mass is 16.5. The molecule has 0 spiro atoms. The molecule has 128 valence electrons. The summed E-state index contributed by atoms with van der Waals surface area (Å²) in [6.07, 6.45) is 3.39. The summed E-state index contributed by atoms with van der Waals surface area (Å²) in [6, 6.07) is 9.71. The van der Waals surface area contributed by atoms with Crippen molar-refractivity contribution < 1.29 is 19.4 Å². The fourth-order valence-corrected chi connectivity index (χ4v) is 2.96. The van der Waals surface area contributed by atoms with Crippen molar-refractivity contribution in [3.63, 3.8) is 0 Å². The predicted molar refractivity (Wildman–Crippen MR) is 92.4 cm³/mol. The van der Waals surface area contributed by atoms with Crippen molar-refractivity contribution >= 4 is 17.4 Å². The molecule has 0 fully saturated rings. The van der Waals surface area contributed by atoms with Crippen LogP contribution in [0.5, 0.6) is 5.75 Å². The number of ether oxygens (including phenoxy) is 1. The van der Waals surface area contributed by atoms with Crippen molar-refractivity contribution in [3.8, 4) is 5.75 Å². The molecule has 1 N–H and O–H groups in total. The lowest BCUT2D eigenvalue weighted by molar-refractivity contribution is -0.118. The van der Waals surface area contributed by atoms with E-state index in [0.29, 0.717) is 17.0 Å². The van der Waals surface area contributed by atoms with E-state index in [1.165, 1.54) is 12.0 Å². The number of amides is 1. The zero-order valence-corrected chi connectivity index (χ0v) is 14.0. The number of nitrogens with zero attached hydrogens (tertiary/aromatic N) is 2. The molecule has 2 heterocycles. The van der Waals surface area contributed by atoms with Gasteiger partial charge in [-0.15, -0.1) is 0 Å². The zero-order valence-electron chi connectivity index (χ0n) is 14.0. The van der Waals surface area contributed by atoms with Crippen LogP contribution in [0.3, 0.4) is 0 Å². The highest BCUT2D eigenvalue weighted by Gasteiger charge is 2.43. The van der Waals surface area contributed by atoms with E-state index in [1.807, 2.05) is 0 Å². The van der Waals surface area contributed by atoms with Crippen molar-refractivity contribution in [2.45, 2.75) is 19.4 Å². The van der Waals surface area contributed by atoms with E-state index in [4.69, 9.17) is 4.74 Å². The maximum atomic E-state index is 12.7. The van der Waals surface area contributed by atoms with Crippen molar-refractivity contribution in [2.75, 3.05) is 12.0 Å². The van der Waals surface area contributed by atoms with E-state index in [9.17, 15) is 14.7 Å². The minimum absolute atomic E-state index is 0.100. The number of ketones is 1. The number of hydrogen-bond acceptors (Lipinski definition) is 5. The molecular weight excluding hydrogens is 320 g/mol. The van der Waals surface area contributed by atoms with Gasteiger partial charge in [-0.25, -0.2) is 0 Å². The topological polar surface area (TPSA) is 79.7 Å². The maximum absolute atomic E-state index is 12.7. The zero-order chi connectivity index (χ0) is 18.0. The van der Waals surface area contributed by atoms with E-state index >= 15 is 0 Å². The van der Waals surface area contributed by atoms with Gasteiger partial charge in [-0.05, 0) is 23.8 Å². The van der Waals surface area contributed by atoms with E-state index in [1.54, 1.807) is 55.7 Å². The first-order valence-electron chi connectivity index (χ1n) is 7.92. The summed E-state index contributed by atoms with van der Waals surface area (Å²) >= 11 is 0. The molecule has 1 aromatic heterocycles. The average molecular weight is 338 g/mol. The first-order valence-corrected chi connectivity index (χ1v) is 7.92. The van der Waals surface area contributed by atoms with Crippen molar-refractivity contribution in [1.29, 1.82) is 0 Å². The van der Waals surface area contributed by atoms with Crippen LogP contribution in [0.1, 0.15) is 24.9 Å². The highest BCUT2D eigenvalue weighted by molar-refractivity contribution is 6.16. The molecule has 25 heavy (non-hydrogen) atoms. The Hall–Kier alpha value is -3.15. The van der Waals surface area contributed by atoms with Gasteiger partial charge in [-0.1, -0.05) is 19.1 Å². The van der Waals surface area contributed by atoms with Crippen LogP contribution >= 0.6 is 0 Å². The smallest absolute Gasteiger partial charge is 0.294 e. The van der Waals surface area contributed by atoms with Gasteiger partial charge in [0.25, 0.3) is 5.91 Å². The van der Waals surface area contributed by atoms with Crippen molar-refractivity contribution in [2.24, 2.45) is 0 Å². The number of methoxy groups -OCH3 is 1. The highest BCUT2D eigenvalue weighted by Crippen LogP contribution is 2.41. The van der Waals surface area contributed by atoms with E-state index in [-0.39, 0.29) is 17.8 Å². The summed E-state index contributed by atoms with van der Waals surface area (Å²) in [7, 11) is 1.53. The Kier molecular flexibility index (Phi) is 4.52. The molecule has 3 rings (SSSR count). The molecule has 1 aliphatic rings. The molecule has 1 atom stereocenters. The largest absolute Gasteiger partial charge is 0.503 e. The number of carbonyl (C=O) groups is 2. The summed E-state index contributed by atoms with van der Waals surface area (Å²) in [5, 5.41) is 10.4. The fraction of sp³-hybridized carbons (Fsp3) is 0.211. The molecule has 0 saturated carbocycles. The van der Waals surface area contributed by atoms with Crippen LogP contribution in [-0.2, 0) is 9.59 Å². The molecule has 0 saturated heterocycles. The molecular formula is C19H18N2O4. The number of Topliss-reactive ketones (excluding diaryl/α,β-unsaturated/α-hetero) is 1. The lowest BCUT2D eigenvalue weighted by Crippen LogP contribution is -2.31. The molecule has 1 amide bonds. The number of benzene rings is 1. The number of rotatable bonds is 5. The summed E-state index contributed by atoms with van der Waals surface area (Å²) in [5.41, 5.74) is 1.28. The number of aromatic nitrogens is 1. The lowest BCUT2D eigenvalue weighted by atomic mass is 9.96. The lowest BCUT2D eigenvalue weighted by Gasteiger charge is -2.26. The van der Waals surface area contributed by atoms with E-state index < -0.39 is 17.7 Å². The van der Waals surface area contributed by atoms with Crippen LogP contribution in [0.15, 0.2) is 60.1 Å². The van der Waals surface area contributed by atoms with Crippen LogP contribution in [-0.4, -0.2) is 28.9 Å². The molecule has 1 aliphatic heterocycles. The maximum Gasteiger partial charge on any atom is 0.294 e. The molecule has 0 aliphatic carbocycles. The Morgan fingerprint density at radius 3 is 2.76 bits per heavy atom.